The summed E-state index contributed by atoms with van der Waals surface area (Å²) in [6.45, 7) is 5.20. The van der Waals surface area contributed by atoms with Crippen molar-refractivity contribution in [3.8, 4) is 0 Å². The van der Waals surface area contributed by atoms with Crippen LogP contribution in [0.3, 0.4) is 0 Å². The van der Waals surface area contributed by atoms with E-state index in [4.69, 9.17) is 4.74 Å². The van der Waals surface area contributed by atoms with Gasteiger partial charge in [0, 0.05) is 18.3 Å². The molecular weight excluding hydrogens is 396 g/mol. The van der Waals surface area contributed by atoms with Crippen LogP contribution in [-0.4, -0.2) is 39.6 Å². The molecule has 1 aromatic carbocycles. The number of rotatable bonds is 10. The van der Waals surface area contributed by atoms with E-state index in [9.17, 15) is 19.5 Å². The van der Waals surface area contributed by atoms with Crippen LogP contribution >= 0.6 is 0 Å². The summed E-state index contributed by atoms with van der Waals surface area (Å²) in [5.74, 6) is -2.25. The number of aromatic nitrogens is 1. The SMILES string of the molecule is CC(C)(C)OC(=O)N[C@H](Cc1ccccc1)C(=O)CC(CCc1ccccn1)C(=O)O. The number of carbonyl (C=O) groups excluding carboxylic acids is 2. The van der Waals surface area contributed by atoms with Crippen LogP contribution in [0.15, 0.2) is 54.7 Å². The maximum absolute atomic E-state index is 13.0. The van der Waals surface area contributed by atoms with Gasteiger partial charge in [-0.15, -0.1) is 0 Å². The Morgan fingerprint density at radius 2 is 1.74 bits per heavy atom. The molecule has 1 aromatic heterocycles. The molecule has 0 aliphatic carbocycles. The number of ketones is 1. The molecule has 2 N–H and O–H groups in total. The van der Waals surface area contributed by atoms with Crippen LogP contribution in [0.2, 0.25) is 0 Å². The first-order valence-electron chi connectivity index (χ1n) is 10.3. The molecule has 0 aliphatic rings. The number of carboxylic acids is 1. The van der Waals surface area contributed by atoms with Crippen molar-refractivity contribution in [3.63, 3.8) is 0 Å². The molecule has 0 saturated carbocycles. The molecule has 166 valence electrons. The van der Waals surface area contributed by atoms with Crippen LogP contribution in [0.25, 0.3) is 0 Å². The number of nitrogens with zero attached hydrogens (tertiary/aromatic N) is 1. The minimum atomic E-state index is -1.04. The number of carboxylic acid groups (broad SMARTS) is 1. The Morgan fingerprint density at radius 1 is 1.06 bits per heavy atom. The Bertz CT molecular complexity index is 863. The number of alkyl carbamates (subject to hydrolysis) is 1. The lowest BCUT2D eigenvalue weighted by Crippen LogP contribution is -2.45. The van der Waals surface area contributed by atoms with E-state index in [0.29, 0.717) is 6.42 Å². The fraction of sp³-hybridized carbons (Fsp3) is 0.417. The van der Waals surface area contributed by atoms with Gasteiger partial charge in [-0.1, -0.05) is 36.4 Å². The molecule has 7 heteroatoms. The number of ether oxygens (including phenoxy) is 1. The molecule has 0 saturated heterocycles. The van der Waals surface area contributed by atoms with Gasteiger partial charge in [-0.05, 0) is 57.7 Å². The summed E-state index contributed by atoms with van der Waals surface area (Å²) in [5, 5.41) is 12.2. The van der Waals surface area contributed by atoms with Crippen LogP contribution in [0.5, 0.6) is 0 Å². The Labute approximate surface area is 182 Å². The Kier molecular flexibility index (Phi) is 8.73. The number of hydrogen-bond donors (Lipinski definition) is 2. The molecule has 0 bridgehead atoms. The quantitative estimate of drug-likeness (QED) is 0.598. The highest BCUT2D eigenvalue weighted by Gasteiger charge is 2.29. The third-order valence-electron chi connectivity index (χ3n) is 4.63. The van der Waals surface area contributed by atoms with Crippen molar-refractivity contribution in [2.45, 2.75) is 58.1 Å². The van der Waals surface area contributed by atoms with Crippen LogP contribution in [0.4, 0.5) is 4.79 Å². The average Bonchev–Trinajstić information content (AvgIpc) is 2.70. The average molecular weight is 427 g/mol. The maximum Gasteiger partial charge on any atom is 0.408 e. The molecule has 0 fully saturated rings. The van der Waals surface area contributed by atoms with Gasteiger partial charge in [0.2, 0.25) is 0 Å². The van der Waals surface area contributed by atoms with E-state index in [1.165, 1.54) is 0 Å². The second-order valence-electron chi connectivity index (χ2n) is 8.45. The number of nitrogens with one attached hydrogen (secondary N) is 1. The van der Waals surface area contributed by atoms with E-state index >= 15 is 0 Å². The minimum Gasteiger partial charge on any atom is -0.481 e. The van der Waals surface area contributed by atoms with Gasteiger partial charge >= 0.3 is 12.1 Å². The summed E-state index contributed by atoms with van der Waals surface area (Å²) in [6, 6.07) is 13.8. The largest absolute Gasteiger partial charge is 0.481 e. The summed E-state index contributed by atoms with van der Waals surface area (Å²) < 4.78 is 5.29. The number of hydrogen-bond acceptors (Lipinski definition) is 5. The second-order valence-corrected chi connectivity index (χ2v) is 8.45. The van der Waals surface area contributed by atoms with Crippen LogP contribution < -0.4 is 5.32 Å². The van der Waals surface area contributed by atoms with Crippen molar-refractivity contribution < 1.29 is 24.2 Å². The maximum atomic E-state index is 13.0. The number of aliphatic carboxylic acids is 1. The molecule has 0 radical (unpaired) electrons. The summed E-state index contributed by atoms with van der Waals surface area (Å²) in [6.07, 6.45) is 1.75. The van der Waals surface area contributed by atoms with E-state index in [1.54, 1.807) is 33.0 Å². The highest BCUT2D eigenvalue weighted by molar-refractivity contribution is 5.90. The van der Waals surface area contributed by atoms with Crippen molar-refractivity contribution in [3.05, 3.63) is 66.0 Å². The Hall–Kier alpha value is -3.22. The summed E-state index contributed by atoms with van der Waals surface area (Å²) in [7, 11) is 0. The van der Waals surface area contributed by atoms with Gasteiger partial charge in [0.05, 0.1) is 12.0 Å². The molecule has 2 aromatic rings. The lowest BCUT2D eigenvalue weighted by molar-refractivity contribution is -0.144. The minimum absolute atomic E-state index is 0.185. The first-order valence-corrected chi connectivity index (χ1v) is 10.3. The third-order valence-corrected chi connectivity index (χ3v) is 4.63. The summed E-state index contributed by atoms with van der Waals surface area (Å²) in [5.41, 5.74) is 0.919. The molecule has 31 heavy (non-hydrogen) atoms. The molecule has 2 atom stereocenters. The highest BCUT2D eigenvalue weighted by Crippen LogP contribution is 2.17. The van der Waals surface area contributed by atoms with Gasteiger partial charge in [-0.25, -0.2) is 4.79 Å². The first kappa shape index (κ1) is 24.1. The summed E-state index contributed by atoms with van der Waals surface area (Å²) >= 11 is 0. The Morgan fingerprint density at radius 3 is 2.32 bits per heavy atom. The van der Waals surface area contributed by atoms with Crippen molar-refractivity contribution >= 4 is 17.8 Å². The molecule has 7 nitrogen and oxygen atoms in total. The predicted molar refractivity (Wildman–Crippen MR) is 117 cm³/mol. The third kappa shape index (κ3) is 8.99. The van der Waals surface area contributed by atoms with Crippen molar-refractivity contribution in [2.75, 3.05) is 0 Å². The fourth-order valence-electron chi connectivity index (χ4n) is 3.11. The monoisotopic (exact) mass is 426 g/mol. The molecule has 1 heterocycles. The zero-order chi connectivity index (χ0) is 22.9. The number of carbonyl (C=O) groups is 3. The van der Waals surface area contributed by atoms with Crippen molar-refractivity contribution in [2.24, 2.45) is 5.92 Å². The second kappa shape index (κ2) is 11.2. The van der Waals surface area contributed by atoms with Gasteiger partial charge in [0.1, 0.15) is 5.60 Å². The summed E-state index contributed by atoms with van der Waals surface area (Å²) in [4.78, 5) is 41.3. The predicted octanol–water partition coefficient (Wildman–Crippen LogP) is 3.81. The van der Waals surface area contributed by atoms with Crippen molar-refractivity contribution in [1.29, 1.82) is 0 Å². The van der Waals surface area contributed by atoms with Gasteiger partial charge in [0.25, 0.3) is 0 Å². The van der Waals surface area contributed by atoms with Gasteiger partial charge in [-0.2, -0.15) is 0 Å². The number of benzene rings is 1. The van der Waals surface area contributed by atoms with Gasteiger partial charge in [-0.3, -0.25) is 14.6 Å². The highest BCUT2D eigenvalue weighted by atomic mass is 16.6. The molecule has 1 unspecified atom stereocenters. The van der Waals surface area contributed by atoms with Crippen LogP contribution in [-0.2, 0) is 27.2 Å². The number of pyridine rings is 1. The van der Waals surface area contributed by atoms with E-state index in [1.807, 2.05) is 42.5 Å². The van der Waals surface area contributed by atoms with Gasteiger partial charge < -0.3 is 15.2 Å². The van der Waals surface area contributed by atoms with Crippen LogP contribution in [0, 0.1) is 5.92 Å². The molecule has 0 aliphatic heterocycles. The number of Topliss-reactive ketones (excluding diaryl/α,β-unsaturated/α-hetero) is 1. The first-order chi connectivity index (χ1) is 14.6. The Balaban J connectivity index is 2.09. The normalized spacial score (nSPS) is 13.1. The molecule has 2 rings (SSSR count). The zero-order valence-electron chi connectivity index (χ0n) is 18.2. The lowest BCUT2D eigenvalue weighted by atomic mass is 9.91. The van der Waals surface area contributed by atoms with E-state index < -0.39 is 29.6 Å². The fourth-order valence-corrected chi connectivity index (χ4v) is 3.11. The van der Waals surface area contributed by atoms with E-state index in [2.05, 4.69) is 10.3 Å². The molecule has 1 amide bonds. The smallest absolute Gasteiger partial charge is 0.408 e. The van der Waals surface area contributed by atoms with Crippen LogP contribution in [0.1, 0.15) is 44.9 Å². The van der Waals surface area contributed by atoms with Crippen molar-refractivity contribution in [1.82, 2.24) is 10.3 Å². The van der Waals surface area contributed by atoms with E-state index in [-0.39, 0.29) is 25.0 Å². The zero-order valence-corrected chi connectivity index (χ0v) is 18.2. The molecule has 0 spiro atoms. The lowest BCUT2D eigenvalue weighted by Gasteiger charge is -2.24. The van der Waals surface area contributed by atoms with Gasteiger partial charge in [0.15, 0.2) is 5.78 Å². The number of amides is 1. The standard InChI is InChI=1S/C24H30N2O5/c1-24(2,3)31-23(30)26-20(15-17-9-5-4-6-10-17)21(27)16-18(22(28)29)12-13-19-11-7-8-14-25-19/h4-11,14,18,20H,12-13,15-16H2,1-3H3,(H,26,30)(H,28,29)/t18?,20-/m1/s1. The topological polar surface area (TPSA) is 106 Å². The number of aryl methyl sites for hydroxylation is 1. The molecular formula is C24H30N2O5. The van der Waals surface area contributed by atoms with E-state index in [0.717, 1.165) is 11.3 Å².